The predicted octanol–water partition coefficient (Wildman–Crippen LogP) is 1.53. The van der Waals surface area contributed by atoms with Crippen LogP contribution in [0.4, 0.5) is 0 Å². The molecule has 1 amide bonds. The van der Waals surface area contributed by atoms with Gasteiger partial charge in [0.1, 0.15) is 0 Å². The van der Waals surface area contributed by atoms with Gasteiger partial charge in [0.2, 0.25) is 5.91 Å². The molecule has 0 aromatic carbocycles. The summed E-state index contributed by atoms with van der Waals surface area (Å²) in [4.78, 5) is 14.6. The van der Waals surface area contributed by atoms with Crippen molar-refractivity contribution in [1.29, 1.82) is 0 Å². The molecule has 0 spiro atoms. The van der Waals surface area contributed by atoms with E-state index in [9.17, 15) is 4.79 Å². The maximum atomic E-state index is 12.7. The SMILES string of the molecule is CCN(CC1CCCO1)C(=O)C1(C)CCCC1N. The molecule has 104 valence electrons. The fourth-order valence-corrected chi connectivity index (χ4v) is 3.21. The molecule has 3 atom stereocenters. The summed E-state index contributed by atoms with van der Waals surface area (Å²) in [7, 11) is 0. The quantitative estimate of drug-likeness (QED) is 0.828. The largest absolute Gasteiger partial charge is 0.376 e. The summed E-state index contributed by atoms with van der Waals surface area (Å²) in [5.41, 5.74) is 5.78. The normalized spacial score (nSPS) is 35.9. The van der Waals surface area contributed by atoms with E-state index in [-0.39, 0.29) is 23.5 Å². The van der Waals surface area contributed by atoms with Crippen molar-refractivity contribution >= 4 is 5.91 Å². The Morgan fingerprint density at radius 1 is 1.44 bits per heavy atom. The third-order valence-electron chi connectivity index (χ3n) is 4.64. The topological polar surface area (TPSA) is 55.6 Å². The van der Waals surface area contributed by atoms with Crippen molar-refractivity contribution in [3.63, 3.8) is 0 Å². The Balaban J connectivity index is 2.00. The molecule has 1 aliphatic carbocycles. The van der Waals surface area contributed by atoms with Gasteiger partial charge in [-0.2, -0.15) is 0 Å². The van der Waals surface area contributed by atoms with E-state index >= 15 is 0 Å². The lowest BCUT2D eigenvalue weighted by Gasteiger charge is -2.35. The molecule has 2 aliphatic rings. The summed E-state index contributed by atoms with van der Waals surface area (Å²) in [5.74, 6) is 0.227. The lowest BCUT2D eigenvalue weighted by molar-refractivity contribution is -0.143. The molecule has 1 saturated carbocycles. The van der Waals surface area contributed by atoms with E-state index in [0.717, 1.165) is 51.8 Å². The number of hydrogen-bond acceptors (Lipinski definition) is 3. The first-order valence-corrected chi connectivity index (χ1v) is 7.24. The van der Waals surface area contributed by atoms with Crippen LogP contribution in [-0.2, 0) is 9.53 Å². The van der Waals surface area contributed by atoms with Gasteiger partial charge in [-0.15, -0.1) is 0 Å². The van der Waals surface area contributed by atoms with Gasteiger partial charge in [0, 0.05) is 25.7 Å². The molecule has 2 rings (SSSR count). The molecule has 3 unspecified atom stereocenters. The van der Waals surface area contributed by atoms with Gasteiger partial charge in [-0.05, 0) is 39.5 Å². The molecule has 1 aliphatic heterocycles. The maximum Gasteiger partial charge on any atom is 0.230 e. The first-order valence-electron chi connectivity index (χ1n) is 7.24. The minimum atomic E-state index is -0.353. The van der Waals surface area contributed by atoms with Gasteiger partial charge < -0.3 is 15.4 Å². The Hall–Kier alpha value is -0.610. The van der Waals surface area contributed by atoms with Crippen LogP contribution in [0, 0.1) is 5.41 Å². The van der Waals surface area contributed by atoms with E-state index in [4.69, 9.17) is 10.5 Å². The Bertz CT molecular complexity index is 302. The van der Waals surface area contributed by atoms with Crippen LogP contribution in [-0.4, -0.2) is 42.6 Å². The zero-order chi connectivity index (χ0) is 13.2. The molecule has 1 saturated heterocycles. The molecule has 0 bridgehead atoms. The third kappa shape index (κ3) is 2.54. The molecule has 18 heavy (non-hydrogen) atoms. The van der Waals surface area contributed by atoms with Gasteiger partial charge in [0.15, 0.2) is 0 Å². The summed E-state index contributed by atoms with van der Waals surface area (Å²) in [6.45, 7) is 6.40. The smallest absolute Gasteiger partial charge is 0.230 e. The monoisotopic (exact) mass is 254 g/mol. The number of likely N-dealkylation sites (N-methyl/N-ethyl adjacent to an activating group) is 1. The standard InChI is InChI=1S/C14H26N2O2/c1-3-16(10-11-6-5-9-18-11)13(17)14(2)8-4-7-12(14)15/h11-12H,3-10,15H2,1-2H3. The van der Waals surface area contributed by atoms with E-state index < -0.39 is 0 Å². The molecule has 0 aromatic rings. The van der Waals surface area contributed by atoms with Crippen molar-refractivity contribution in [3.05, 3.63) is 0 Å². The average molecular weight is 254 g/mol. The Kier molecular flexibility index (Phi) is 4.28. The summed E-state index contributed by atoms with van der Waals surface area (Å²) < 4.78 is 5.63. The van der Waals surface area contributed by atoms with Gasteiger partial charge in [-0.25, -0.2) is 0 Å². The lowest BCUT2D eigenvalue weighted by Crippen LogP contribution is -2.50. The molecule has 2 fully saturated rings. The van der Waals surface area contributed by atoms with E-state index in [0.29, 0.717) is 0 Å². The highest BCUT2D eigenvalue weighted by Gasteiger charge is 2.45. The van der Waals surface area contributed by atoms with Gasteiger partial charge >= 0.3 is 0 Å². The Morgan fingerprint density at radius 3 is 2.72 bits per heavy atom. The number of rotatable bonds is 4. The Morgan fingerprint density at radius 2 is 2.22 bits per heavy atom. The highest BCUT2D eigenvalue weighted by atomic mass is 16.5. The van der Waals surface area contributed by atoms with Crippen LogP contribution >= 0.6 is 0 Å². The van der Waals surface area contributed by atoms with Crippen molar-refractivity contribution in [3.8, 4) is 0 Å². The van der Waals surface area contributed by atoms with Crippen molar-refractivity contribution in [2.75, 3.05) is 19.7 Å². The second-order valence-electron chi connectivity index (χ2n) is 5.90. The van der Waals surface area contributed by atoms with Crippen molar-refractivity contribution in [1.82, 2.24) is 4.90 Å². The second kappa shape index (κ2) is 5.57. The van der Waals surface area contributed by atoms with E-state index in [1.807, 2.05) is 18.7 Å². The number of nitrogens with zero attached hydrogens (tertiary/aromatic N) is 1. The number of carbonyl (C=O) groups is 1. The lowest BCUT2D eigenvalue weighted by atomic mass is 9.83. The summed E-state index contributed by atoms with van der Waals surface area (Å²) in [6, 6.07) is 0.0172. The maximum absolute atomic E-state index is 12.7. The molecule has 0 aromatic heterocycles. The van der Waals surface area contributed by atoms with Crippen molar-refractivity contribution in [2.24, 2.45) is 11.1 Å². The molecule has 1 heterocycles. The van der Waals surface area contributed by atoms with Gasteiger partial charge in [0.25, 0.3) is 0 Å². The van der Waals surface area contributed by atoms with Gasteiger partial charge in [-0.3, -0.25) is 4.79 Å². The number of amides is 1. The van der Waals surface area contributed by atoms with Crippen molar-refractivity contribution in [2.45, 2.75) is 58.1 Å². The van der Waals surface area contributed by atoms with Crippen LogP contribution in [0.25, 0.3) is 0 Å². The fourth-order valence-electron chi connectivity index (χ4n) is 3.21. The number of carbonyl (C=O) groups excluding carboxylic acids is 1. The first kappa shape index (κ1) is 13.8. The molecule has 0 radical (unpaired) electrons. The fraction of sp³-hybridized carbons (Fsp3) is 0.929. The molecule has 4 nitrogen and oxygen atoms in total. The third-order valence-corrected chi connectivity index (χ3v) is 4.64. The molecule has 2 N–H and O–H groups in total. The first-order chi connectivity index (χ1) is 8.58. The number of hydrogen-bond donors (Lipinski definition) is 1. The average Bonchev–Trinajstić information content (AvgIpc) is 2.97. The van der Waals surface area contributed by atoms with Gasteiger partial charge in [-0.1, -0.05) is 6.42 Å². The van der Waals surface area contributed by atoms with Crippen LogP contribution in [0.15, 0.2) is 0 Å². The van der Waals surface area contributed by atoms with E-state index in [1.54, 1.807) is 0 Å². The zero-order valence-corrected chi connectivity index (χ0v) is 11.7. The Labute approximate surface area is 110 Å². The number of ether oxygens (including phenoxy) is 1. The highest BCUT2D eigenvalue weighted by Crippen LogP contribution is 2.38. The van der Waals surface area contributed by atoms with Crippen LogP contribution in [0.3, 0.4) is 0 Å². The predicted molar refractivity (Wildman–Crippen MR) is 71.2 cm³/mol. The summed E-state index contributed by atoms with van der Waals surface area (Å²) >= 11 is 0. The number of nitrogens with two attached hydrogens (primary N) is 1. The molecular weight excluding hydrogens is 228 g/mol. The van der Waals surface area contributed by atoms with Crippen molar-refractivity contribution < 1.29 is 9.53 Å². The van der Waals surface area contributed by atoms with E-state index in [1.165, 1.54) is 0 Å². The van der Waals surface area contributed by atoms with Gasteiger partial charge in [0.05, 0.1) is 11.5 Å². The van der Waals surface area contributed by atoms with E-state index in [2.05, 4.69) is 0 Å². The molecule has 4 heteroatoms. The second-order valence-corrected chi connectivity index (χ2v) is 5.90. The summed E-state index contributed by atoms with van der Waals surface area (Å²) in [5, 5.41) is 0. The molecular formula is C14H26N2O2. The van der Waals surface area contributed by atoms with Crippen LogP contribution < -0.4 is 5.73 Å². The van der Waals surface area contributed by atoms with Crippen LogP contribution in [0.5, 0.6) is 0 Å². The highest BCUT2D eigenvalue weighted by molar-refractivity contribution is 5.83. The van der Waals surface area contributed by atoms with Crippen LogP contribution in [0.1, 0.15) is 46.0 Å². The minimum Gasteiger partial charge on any atom is -0.376 e. The van der Waals surface area contributed by atoms with Crippen LogP contribution in [0.2, 0.25) is 0 Å². The zero-order valence-electron chi connectivity index (χ0n) is 11.7. The summed E-state index contributed by atoms with van der Waals surface area (Å²) in [6.07, 6.45) is 5.39. The minimum absolute atomic E-state index is 0.0172.